The lowest BCUT2D eigenvalue weighted by Gasteiger charge is -2.25. The highest BCUT2D eigenvalue weighted by atomic mass is 16.5. The number of benzene rings is 1. The molecule has 1 amide bonds. The first-order valence-electron chi connectivity index (χ1n) is 10.1. The first kappa shape index (κ1) is 19.9. The third kappa shape index (κ3) is 3.85. The van der Waals surface area contributed by atoms with E-state index in [0.717, 1.165) is 27.9 Å². The lowest BCUT2D eigenvalue weighted by Crippen LogP contribution is -2.39. The highest BCUT2D eigenvalue weighted by Crippen LogP contribution is 2.30. The van der Waals surface area contributed by atoms with Crippen LogP contribution in [0.15, 0.2) is 42.5 Å². The van der Waals surface area contributed by atoms with Gasteiger partial charge in [0, 0.05) is 36.8 Å². The van der Waals surface area contributed by atoms with E-state index in [0.29, 0.717) is 44.1 Å². The van der Waals surface area contributed by atoms with Crippen molar-refractivity contribution in [1.82, 2.24) is 14.5 Å². The molecule has 0 atom stereocenters. The van der Waals surface area contributed by atoms with Crippen molar-refractivity contribution in [2.24, 2.45) is 0 Å². The Kier molecular flexibility index (Phi) is 5.64. The van der Waals surface area contributed by atoms with E-state index in [2.05, 4.69) is 6.07 Å². The van der Waals surface area contributed by atoms with Crippen molar-refractivity contribution in [3.63, 3.8) is 0 Å². The lowest BCUT2D eigenvalue weighted by atomic mass is 10.1. The Morgan fingerprint density at radius 3 is 2.67 bits per heavy atom. The van der Waals surface area contributed by atoms with Crippen LogP contribution in [0.5, 0.6) is 0 Å². The van der Waals surface area contributed by atoms with E-state index in [4.69, 9.17) is 9.72 Å². The van der Waals surface area contributed by atoms with Crippen LogP contribution >= 0.6 is 0 Å². The Morgan fingerprint density at radius 2 is 1.97 bits per heavy atom. The zero-order chi connectivity index (χ0) is 21.1. The molecular formula is C24H24N4O2. The number of aryl methyl sites for hydroxylation is 2. The van der Waals surface area contributed by atoms with E-state index < -0.39 is 0 Å². The topological polar surface area (TPSA) is 71.2 Å². The Morgan fingerprint density at radius 1 is 1.23 bits per heavy atom. The Balaban J connectivity index is 1.83. The number of pyridine rings is 1. The summed E-state index contributed by atoms with van der Waals surface area (Å²) in [5.41, 5.74) is 5.04. The van der Waals surface area contributed by atoms with Gasteiger partial charge in [0.1, 0.15) is 11.7 Å². The number of aromatic nitrogens is 2. The van der Waals surface area contributed by atoms with Crippen molar-refractivity contribution in [2.75, 3.05) is 26.3 Å². The fourth-order valence-corrected chi connectivity index (χ4v) is 3.95. The van der Waals surface area contributed by atoms with Crippen molar-refractivity contribution in [3.05, 3.63) is 70.6 Å². The minimum Gasteiger partial charge on any atom is -0.378 e. The molecule has 1 aliphatic rings. The van der Waals surface area contributed by atoms with Gasteiger partial charge in [0.2, 0.25) is 5.91 Å². The molecule has 1 saturated heterocycles. The first-order chi connectivity index (χ1) is 14.6. The second-order valence-corrected chi connectivity index (χ2v) is 7.49. The number of morpholine rings is 1. The van der Waals surface area contributed by atoms with Crippen LogP contribution in [-0.2, 0) is 16.1 Å². The molecule has 6 nitrogen and oxygen atoms in total. The van der Waals surface area contributed by atoms with Crippen LogP contribution in [0.4, 0.5) is 0 Å². The first-order valence-corrected chi connectivity index (χ1v) is 10.1. The maximum absolute atomic E-state index is 12.7. The molecule has 3 aromatic rings. The van der Waals surface area contributed by atoms with Gasteiger partial charge < -0.3 is 14.2 Å². The van der Waals surface area contributed by atoms with Crippen molar-refractivity contribution in [3.8, 4) is 6.07 Å². The van der Waals surface area contributed by atoms with Crippen LogP contribution in [0.3, 0.4) is 0 Å². The fourth-order valence-electron chi connectivity index (χ4n) is 3.95. The van der Waals surface area contributed by atoms with Gasteiger partial charge in [0.15, 0.2) is 0 Å². The van der Waals surface area contributed by atoms with Gasteiger partial charge in [-0.3, -0.25) is 4.79 Å². The van der Waals surface area contributed by atoms with Crippen LogP contribution in [0.2, 0.25) is 0 Å². The molecule has 152 valence electrons. The van der Waals surface area contributed by atoms with E-state index in [1.807, 2.05) is 54.8 Å². The van der Waals surface area contributed by atoms with Gasteiger partial charge in [0.05, 0.1) is 24.5 Å². The second-order valence-electron chi connectivity index (χ2n) is 7.49. The van der Waals surface area contributed by atoms with E-state index in [1.165, 1.54) is 0 Å². The molecule has 1 fully saturated rings. The maximum Gasteiger partial charge on any atom is 0.246 e. The summed E-state index contributed by atoms with van der Waals surface area (Å²) in [6.45, 7) is 6.80. The fraction of sp³-hybridized carbons (Fsp3) is 0.292. The standard InChI is InChI=1S/C24H24N4O2/c1-17-14-18(2)26-24-23(17)20(15-25)21(28(24)16-19-6-4-3-5-7-19)8-9-22(29)27-10-12-30-13-11-27/h3-9,14H,10-13,16H2,1-2H3. The van der Waals surface area contributed by atoms with Crippen molar-refractivity contribution >= 4 is 23.0 Å². The maximum atomic E-state index is 12.7. The molecule has 0 spiro atoms. The zero-order valence-corrected chi connectivity index (χ0v) is 17.3. The SMILES string of the molecule is Cc1cc(C)c2c(C#N)c(C=CC(=O)N3CCOCC3)n(Cc3ccccc3)c2n1. The van der Waals surface area contributed by atoms with Crippen LogP contribution in [0.1, 0.15) is 28.1 Å². The average molecular weight is 400 g/mol. The summed E-state index contributed by atoms with van der Waals surface area (Å²) < 4.78 is 7.36. The van der Waals surface area contributed by atoms with Crippen LogP contribution < -0.4 is 0 Å². The summed E-state index contributed by atoms with van der Waals surface area (Å²) in [6.07, 6.45) is 3.32. The number of hydrogen-bond donors (Lipinski definition) is 0. The molecule has 0 aliphatic carbocycles. The highest BCUT2D eigenvalue weighted by Gasteiger charge is 2.20. The molecule has 1 aromatic carbocycles. The summed E-state index contributed by atoms with van der Waals surface area (Å²) in [5.74, 6) is -0.0698. The van der Waals surface area contributed by atoms with Gasteiger partial charge in [0.25, 0.3) is 0 Å². The number of amides is 1. The van der Waals surface area contributed by atoms with Gasteiger partial charge in [-0.15, -0.1) is 0 Å². The zero-order valence-electron chi connectivity index (χ0n) is 17.3. The summed E-state index contributed by atoms with van der Waals surface area (Å²) in [4.78, 5) is 19.2. The molecule has 2 aromatic heterocycles. The Hall–Kier alpha value is -3.43. The molecule has 0 saturated carbocycles. The van der Waals surface area contributed by atoms with Gasteiger partial charge in [-0.25, -0.2) is 4.98 Å². The summed E-state index contributed by atoms with van der Waals surface area (Å²) >= 11 is 0. The number of carbonyl (C=O) groups is 1. The number of carbonyl (C=O) groups excluding carboxylic acids is 1. The summed E-state index contributed by atoms with van der Waals surface area (Å²) in [5, 5.41) is 10.8. The lowest BCUT2D eigenvalue weighted by molar-refractivity contribution is -0.129. The minimum absolute atomic E-state index is 0.0698. The van der Waals surface area contributed by atoms with E-state index >= 15 is 0 Å². The predicted octanol–water partition coefficient (Wildman–Crippen LogP) is 3.45. The van der Waals surface area contributed by atoms with Crippen LogP contribution in [-0.4, -0.2) is 46.7 Å². The molecule has 6 heteroatoms. The number of ether oxygens (including phenoxy) is 1. The molecular weight excluding hydrogens is 376 g/mol. The van der Waals surface area contributed by atoms with Crippen molar-refractivity contribution < 1.29 is 9.53 Å². The highest BCUT2D eigenvalue weighted by molar-refractivity contribution is 5.96. The third-order valence-electron chi connectivity index (χ3n) is 5.38. The predicted molar refractivity (Wildman–Crippen MR) is 116 cm³/mol. The van der Waals surface area contributed by atoms with Gasteiger partial charge >= 0.3 is 0 Å². The third-order valence-corrected chi connectivity index (χ3v) is 5.38. The molecule has 1 aliphatic heterocycles. The van der Waals surface area contributed by atoms with Gasteiger partial charge in [-0.05, 0) is 37.1 Å². The van der Waals surface area contributed by atoms with Gasteiger partial charge in [-0.2, -0.15) is 5.26 Å². The molecule has 3 heterocycles. The molecule has 4 rings (SSSR count). The second kappa shape index (κ2) is 8.52. The smallest absolute Gasteiger partial charge is 0.246 e. The molecule has 0 N–H and O–H groups in total. The number of nitriles is 1. The van der Waals surface area contributed by atoms with Gasteiger partial charge in [-0.1, -0.05) is 30.3 Å². The van der Waals surface area contributed by atoms with E-state index in [9.17, 15) is 10.1 Å². The molecule has 0 radical (unpaired) electrons. The average Bonchev–Trinajstić information content (AvgIpc) is 3.06. The Bertz CT molecular complexity index is 1150. The summed E-state index contributed by atoms with van der Waals surface area (Å²) in [7, 11) is 0. The normalized spacial score (nSPS) is 14.4. The summed E-state index contributed by atoms with van der Waals surface area (Å²) in [6, 6.07) is 14.4. The van der Waals surface area contributed by atoms with E-state index in [-0.39, 0.29) is 5.91 Å². The van der Waals surface area contributed by atoms with Crippen molar-refractivity contribution in [2.45, 2.75) is 20.4 Å². The Labute approximate surface area is 176 Å². The quantitative estimate of drug-likeness (QED) is 0.629. The van der Waals surface area contributed by atoms with E-state index in [1.54, 1.807) is 17.1 Å². The molecule has 0 bridgehead atoms. The number of nitrogens with zero attached hydrogens (tertiary/aromatic N) is 4. The number of hydrogen-bond acceptors (Lipinski definition) is 4. The number of rotatable bonds is 4. The van der Waals surface area contributed by atoms with Crippen molar-refractivity contribution in [1.29, 1.82) is 5.26 Å². The molecule has 30 heavy (non-hydrogen) atoms. The monoisotopic (exact) mass is 400 g/mol. The minimum atomic E-state index is -0.0698. The molecule has 0 unspecified atom stereocenters. The van der Waals surface area contributed by atoms with Crippen LogP contribution in [0.25, 0.3) is 17.1 Å². The largest absolute Gasteiger partial charge is 0.378 e. The number of fused-ring (bicyclic) bond motifs is 1. The van der Waals surface area contributed by atoms with Crippen LogP contribution in [0, 0.1) is 25.2 Å².